The van der Waals surface area contributed by atoms with Gasteiger partial charge in [0.1, 0.15) is 0 Å². The number of aliphatic imine (C=N–C) groups is 1. The van der Waals surface area contributed by atoms with E-state index in [1.165, 1.54) is 7.05 Å². The second-order valence-electron chi connectivity index (χ2n) is 3.03. The first-order chi connectivity index (χ1) is 7.61. The second kappa shape index (κ2) is 8.63. The Morgan fingerprint density at radius 2 is 2.12 bits per heavy atom. The minimum absolute atomic E-state index is 0.0461. The minimum atomic E-state index is -0.556. The molecule has 0 aromatic rings. The lowest BCUT2D eigenvalue weighted by Gasteiger charge is -2.08. The third-order valence-corrected chi connectivity index (χ3v) is 1.74. The molecule has 7 heteroatoms. The quantitative estimate of drug-likeness (QED) is 0.211. The molecule has 1 atom stereocenters. The Morgan fingerprint density at radius 1 is 1.44 bits per heavy atom. The molecule has 7 nitrogen and oxygen atoms in total. The van der Waals surface area contributed by atoms with Crippen molar-refractivity contribution in [3.63, 3.8) is 0 Å². The maximum atomic E-state index is 11.4. The average Bonchev–Trinajstić information content (AvgIpc) is 2.22. The monoisotopic (exact) mass is 229 g/mol. The molecular formula is C9H19N5O2. The topological polar surface area (TPSA) is 115 Å². The molecule has 0 aliphatic rings. The van der Waals surface area contributed by atoms with Gasteiger partial charge < -0.3 is 16.2 Å². The normalized spacial score (nSPS) is 12.4. The van der Waals surface area contributed by atoms with Crippen molar-refractivity contribution in [1.82, 2.24) is 0 Å². The molecule has 0 heterocycles. The Hall–Kier alpha value is -1.66. The molecule has 0 saturated carbocycles. The lowest BCUT2D eigenvalue weighted by molar-refractivity contribution is -0.144. The van der Waals surface area contributed by atoms with Gasteiger partial charge in [0.05, 0.1) is 6.61 Å². The van der Waals surface area contributed by atoms with E-state index < -0.39 is 6.04 Å². The van der Waals surface area contributed by atoms with E-state index in [4.69, 9.17) is 16.2 Å². The van der Waals surface area contributed by atoms with Crippen LogP contribution in [0.2, 0.25) is 0 Å². The molecule has 0 aliphatic carbocycles. The van der Waals surface area contributed by atoms with Crippen LogP contribution in [0.5, 0.6) is 0 Å². The maximum Gasteiger partial charge on any atom is 0.332 e. The van der Waals surface area contributed by atoms with Gasteiger partial charge in [-0.1, -0.05) is 0 Å². The smallest absolute Gasteiger partial charge is 0.332 e. The Labute approximate surface area is 95.0 Å². The molecule has 0 aromatic heterocycles. The van der Waals surface area contributed by atoms with Crippen molar-refractivity contribution in [2.75, 3.05) is 20.2 Å². The summed E-state index contributed by atoms with van der Waals surface area (Å²) in [6, 6.07) is -0.556. The van der Waals surface area contributed by atoms with E-state index in [0.29, 0.717) is 26.0 Å². The summed E-state index contributed by atoms with van der Waals surface area (Å²) in [6.07, 6.45) is 1.17. The third kappa shape index (κ3) is 6.74. The highest BCUT2D eigenvalue weighted by Gasteiger charge is 2.18. The van der Waals surface area contributed by atoms with Gasteiger partial charge >= 0.3 is 5.97 Å². The highest BCUT2D eigenvalue weighted by molar-refractivity contribution is 5.76. The Bertz CT molecular complexity index is 261. The van der Waals surface area contributed by atoms with Crippen LogP contribution in [0, 0.1) is 0 Å². The standard InChI is InChI=1S/C9H19N5O2/c1-3-16-8(15)7(14-12-2)5-4-6-13-9(10)11/h7H,3-6H2,1-2H3,(H4,10,11,13)/t7-/m0/s1. The highest BCUT2D eigenvalue weighted by atomic mass is 16.5. The van der Waals surface area contributed by atoms with E-state index in [1.807, 2.05) is 0 Å². The summed E-state index contributed by atoms with van der Waals surface area (Å²) in [6.45, 7) is 2.55. The van der Waals surface area contributed by atoms with Crippen molar-refractivity contribution in [1.29, 1.82) is 0 Å². The van der Waals surface area contributed by atoms with Crippen LogP contribution >= 0.6 is 0 Å². The fourth-order valence-corrected chi connectivity index (χ4v) is 1.09. The molecule has 0 fully saturated rings. The molecule has 0 rings (SSSR count). The predicted octanol–water partition coefficient (Wildman–Crippen LogP) is 0.0537. The molecule has 0 saturated heterocycles. The van der Waals surface area contributed by atoms with Gasteiger partial charge in [-0.2, -0.15) is 10.2 Å². The summed E-state index contributed by atoms with van der Waals surface area (Å²) in [5, 5.41) is 7.39. The molecule has 0 bridgehead atoms. The SMILES string of the molecule is CCOC(=O)[C@H](CCCN=C(N)N)N=NC. The molecule has 0 aromatic carbocycles. The lowest BCUT2D eigenvalue weighted by atomic mass is 10.2. The summed E-state index contributed by atoms with van der Waals surface area (Å²) in [5.74, 6) is -0.317. The van der Waals surface area contributed by atoms with Crippen LogP contribution in [-0.4, -0.2) is 38.2 Å². The number of hydrogen-bond acceptors (Lipinski definition) is 5. The Morgan fingerprint density at radius 3 is 2.62 bits per heavy atom. The van der Waals surface area contributed by atoms with Gasteiger partial charge in [-0.05, 0) is 19.8 Å². The zero-order chi connectivity index (χ0) is 12.4. The number of guanidine groups is 1. The number of esters is 1. The van der Waals surface area contributed by atoms with E-state index in [2.05, 4.69) is 15.2 Å². The fourth-order valence-electron chi connectivity index (χ4n) is 1.09. The summed E-state index contributed by atoms with van der Waals surface area (Å²) in [7, 11) is 1.52. The van der Waals surface area contributed by atoms with Crippen LogP contribution in [-0.2, 0) is 9.53 Å². The molecule has 92 valence electrons. The first-order valence-corrected chi connectivity index (χ1v) is 5.12. The highest BCUT2D eigenvalue weighted by Crippen LogP contribution is 2.05. The van der Waals surface area contributed by atoms with Gasteiger partial charge in [0, 0.05) is 13.6 Å². The van der Waals surface area contributed by atoms with Crippen molar-refractivity contribution in [3.05, 3.63) is 0 Å². The van der Waals surface area contributed by atoms with Crippen LogP contribution in [0.3, 0.4) is 0 Å². The van der Waals surface area contributed by atoms with Gasteiger partial charge in [-0.15, -0.1) is 0 Å². The molecular weight excluding hydrogens is 210 g/mol. The molecule has 4 N–H and O–H groups in total. The number of rotatable bonds is 7. The van der Waals surface area contributed by atoms with Crippen molar-refractivity contribution < 1.29 is 9.53 Å². The molecule has 0 spiro atoms. The van der Waals surface area contributed by atoms with Crippen LogP contribution in [0.15, 0.2) is 15.2 Å². The number of nitrogens with two attached hydrogens (primary N) is 2. The van der Waals surface area contributed by atoms with Gasteiger partial charge in [0.2, 0.25) is 0 Å². The third-order valence-electron chi connectivity index (χ3n) is 1.74. The van der Waals surface area contributed by atoms with E-state index in [0.717, 1.165) is 0 Å². The van der Waals surface area contributed by atoms with Crippen molar-refractivity contribution >= 4 is 11.9 Å². The average molecular weight is 229 g/mol. The first-order valence-electron chi connectivity index (χ1n) is 5.12. The van der Waals surface area contributed by atoms with Gasteiger partial charge in [-0.25, -0.2) is 4.79 Å². The molecule has 0 aliphatic heterocycles. The molecule has 16 heavy (non-hydrogen) atoms. The van der Waals surface area contributed by atoms with E-state index >= 15 is 0 Å². The summed E-state index contributed by atoms with van der Waals surface area (Å²) in [5.41, 5.74) is 10.3. The number of carbonyl (C=O) groups is 1. The van der Waals surface area contributed by atoms with E-state index in [1.54, 1.807) is 6.92 Å². The van der Waals surface area contributed by atoms with Crippen LogP contribution in [0.1, 0.15) is 19.8 Å². The number of carbonyl (C=O) groups excluding carboxylic acids is 1. The van der Waals surface area contributed by atoms with Crippen LogP contribution < -0.4 is 11.5 Å². The van der Waals surface area contributed by atoms with Crippen LogP contribution in [0.25, 0.3) is 0 Å². The van der Waals surface area contributed by atoms with E-state index in [9.17, 15) is 4.79 Å². The number of nitrogens with zero attached hydrogens (tertiary/aromatic N) is 3. The minimum Gasteiger partial charge on any atom is -0.464 e. The second-order valence-corrected chi connectivity index (χ2v) is 3.03. The zero-order valence-electron chi connectivity index (χ0n) is 9.72. The largest absolute Gasteiger partial charge is 0.464 e. The van der Waals surface area contributed by atoms with Gasteiger partial charge in [-0.3, -0.25) is 4.99 Å². The van der Waals surface area contributed by atoms with Gasteiger partial charge in [0.25, 0.3) is 0 Å². The zero-order valence-corrected chi connectivity index (χ0v) is 9.72. The molecule has 0 amide bonds. The van der Waals surface area contributed by atoms with Gasteiger partial charge in [0.15, 0.2) is 12.0 Å². The lowest BCUT2D eigenvalue weighted by Crippen LogP contribution is -2.24. The summed E-state index contributed by atoms with van der Waals surface area (Å²) >= 11 is 0. The van der Waals surface area contributed by atoms with Crippen molar-refractivity contribution in [3.8, 4) is 0 Å². The van der Waals surface area contributed by atoms with E-state index in [-0.39, 0.29) is 11.9 Å². The molecule has 0 radical (unpaired) electrons. The van der Waals surface area contributed by atoms with Crippen molar-refractivity contribution in [2.24, 2.45) is 26.7 Å². The first kappa shape index (κ1) is 14.3. The Balaban J connectivity index is 4.04. The van der Waals surface area contributed by atoms with Crippen molar-refractivity contribution in [2.45, 2.75) is 25.8 Å². The number of hydrogen-bond donors (Lipinski definition) is 2. The van der Waals surface area contributed by atoms with Crippen LogP contribution in [0.4, 0.5) is 0 Å². The fraction of sp³-hybridized carbons (Fsp3) is 0.778. The maximum absolute atomic E-state index is 11.4. The summed E-state index contributed by atoms with van der Waals surface area (Å²) < 4.78 is 4.86. The predicted molar refractivity (Wildman–Crippen MR) is 61.1 cm³/mol. The number of ether oxygens (including phenoxy) is 1. The Kier molecular flexibility index (Phi) is 7.74. The summed E-state index contributed by atoms with van der Waals surface area (Å²) in [4.78, 5) is 15.2. The number of azo groups is 1. The molecule has 0 unspecified atom stereocenters.